The van der Waals surface area contributed by atoms with Crippen LogP contribution >= 0.6 is 0 Å². The van der Waals surface area contributed by atoms with E-state index in [9.17, 15) is 0 Å². The molecule has 0 unspecified atom stereocenters. The van der Waals surface area contributed by atoms with Crippen molar-refractivity contribution in [2.45, 2.75) is 33.6 Å². The average Bonchev–Trinajstić information content (AvgIpc) is 2.51. The molecule has 1 aromatic rings. The predicted octanol–water partition coefficient (Wildman–Crippen LogP) is 0.917. The molecule has 84 valence electrons. The zero-order valence-corrected chi connectivity index (χ0v) is 10.3. The van der Waals surface area contributed by atoms with Gasteiger partial charge in [0.1, 0.15) is 0 Å². The minimum Gasteiger partial charge on any atom is -0.355 e. The van der Waals surface area contributed by atoms with Gasteiger partial charge in [0.15, 0.2) is 0 Å². The second-order valence-electron chi connectivity index (χ2n) is 4.27. The highest BCUT2D eigenvalue weighted by molar-refractivity contribution is 5.48. The van der Waals surface area contributed by atoms with Crippen LogP contribution in [0.4, 0.5) is 0 Å². The van der Waals surface area contributed by atoms with Crippen LogP contribution in [-0.2, 0) is 0 Å². The number of hydrogen-bond acceptors (Lipinski definition) is 0. The van der Waals surface area contributed by atoms with E-state index in [0.717, 1.165) is 12.8 Å². The van der Waals surface area contributed by atoms with Gasteiger partial charge in [-0.3, -0.25) is 0 Å². The van der Waals surface area contributed by atoms with Crippen LogP contribution in [-0.4, -0.2) is 4.98 Å². The van der Waals surface area contributed by atoms with Gasteiger partial charge < -0.3 is 4.98 Å². The molecule has 0 spiro atoms. The van der Waals surface area contributed by atoms with Crippen LogP contribution in [0.2, 0.25) is 0 Å². The van der Waals surface area contributed by atoms with Gasteiger partial charge in [-0.2, -0.15) is 0 Å². The van der Waals surface area contributed by atoms with Gasteiger partial charge >= 0.3 is 0 Å². The van der Waals surface area contributed by atoms with Gasteiger partial charge in [-0.1, -0.05) is 42.9 Å². The van der Waals surface area contributed by atoms with Gasteiger partial charge in [0.25, 0.3) is 0 Å². The first-order chi connectivity index (χ1) is 7.76. The van der Waals surface area contributed by atoms with Crippen LogP contribution in [0.1, 0.15) is 33.6 Å². The molecule has 0 amide bonds. The summed E-state index contributed by atoms with van der Waals surface area (Å²) in [5, 5.41) is 5.20. The number of allylic oxidation sites excluding steroid dienone is 2. The Morgan fingerprint density at radius 1 is 1.38 bits per heavy atom. The molecule has 16 heavy (non-hydrogen) atoms. The molecule has 1 aliphatic carbocycles. The number of H-pyrrole nitrogens is 1. The highest BCUT2D eigenvalue weighted by Gasteiger charge is 1.97. The van der Waals surface area contributed by atoms with E-state index in [0.29, 0.717) is 0 Å². The molecule has 0 radical (unpaired) electrons. The van der Waals surface area contributed by atoms with Crippen molar-refractivity contribution in [3.05, 3.63) is 32.8 Å². The zero-order chi connectivity index (χ0) is 11.5. The molecular weight excluding hydrogens is 194 g/mol. The van der Waals surface area contributed by atoms with E-state index in [-0.39, 0.29) is 0 Å². The van der Waals surface area contributed by atoms with Crippen molar-refractivity contribution >= 4 is 24.3 Å². The fourth-order valence-corrected chi connectivity index (χ4v) is 2.12. The lowest BCUT2D eigenvalue weighted by molar-refractivity contribution is 1.21. The zero-order valence-electron chi connectivity index (χ0n) is 10.3. The summed E-state index contributed by atoms with van der Waals surface area (Å²) in [6.07, 6.45) is 13.3. The second-order valence-corrected chi connectivity index (χ2v) is 4.27. The maximum atomic E-state index is 3.49. The normalized spacial score (nSPS) is 17.3. The molecule has 0 fully saturated rings. The molecule has 1 aromatic heterocycles. The van der Waals surface area contributed by atoms with Crippen molar-refractivity contribution in [2.75, 3.05) is 0 Å². The van der Waals surface area contributed by atoms with Gasteiger partial charge in [0.05, 0.1) is 0 Å². The van der Waals surface area contributed by atoms with Crippen LogP contribution in [0.25, 0.3) is 24.3 Å². The number of aromatic nitrogens is 1. The fourth-order valence-electron chi connectivity index (χ4n) is 2.12. The summed E-state index contributed by atoms with van der Waals surface area (Å²) in [6.45, 7) is 6.44. The van der Waals surface area contributed by atoms with Gasteiger partial charge in [-0.15, -0.1) is 0 Å². The molecule has 0 bridgehead atoms. The number of hydrogen-bond donors (Lipinski definition) is 1. The van der Waals surface area contributed by atoms with Crippen LogP contribution in [0.5, 0.6) is 0 Å². The van der Waals surface area contributed by atoms with Crippen molar-refractivity contribution in [1.82, 2.24) is 4.98 Å². The summed E-state index contributed by atoms with van der Waals surface area (Å²) in [5.74, 6) is 0. The lowest BCUT2D eigenvalue weighted by Crippen LogP contribution is -2.37. The van der Waals surface area contributed by atoms with E-state index >= 15 is 0 Å². The molecule has 2 rings (SSSR count). The van der Waals surface area contributed by atoms with Crippen molar-refractivity contribution in [2.24, 2.45) is 0 Å². The first kappa shape index (κ1) is 11.0. The maximum absolute atomic E-state index is 3.49. The molecule has 1 nitrogen and oxygen atoms in total. The summed E-state index contributed by atoms with van der Waals surface area (Å²) in [5.41, 5.74) is 1.41. The second kappa shape index (κ2) is 4.56. The van der Waals surface area contributed by atoms with Crippen LogP contribution in [0.15, 0.2) is 11.6 Å². The van der Waals surface area contributed by atoms with Crippen molar-refractivity contribution < 1.29 is 0 Å². The Balaban J connectivity index is 2.92. The van der Waals surface area contributed by atoms with Crippen molar-refractivity contribution in [3.8, 4) is 0 Å². The Bertz CT molecular complexity index is 639. The van der Waals surface area contributed by atoms with Gasteiger partial charge in [-0.05, 0) is 26.7 Å². The summed E-state index contributed by atoms with van der Waals surface area (Å²) < 4.78 is 0. The van der Waals surface area contributed by atoms with Gasteiger partial charge in [0, 0.05) is 21.1 Å². The van der Waals surface area contributed by atoms with Crippen molar-refractivity contribution in [1.29, 1.82) is 0 Å². The number of fused-ring (bicyclic) bond motifs is 1. The highest BCUT2D eigenvalue weighted by atomic mass is 14.7. The Morgan fingerprint density at radius 3 is 2.88 bits per heavy atom. The third-order valence-electron chi connectivity index (χ3n) is 3.00. The Hall–Kier alpha value is -1.50. The first-order valence-electron chi connectivity index (χ1n) is 5.98. The van der Waals surface area contributed by atoms with E-state index in [1.807, 2.05) is 0 Å². The van der Waals surface area contributed by atoms with E-state index in [1.54, 1.807) is 0 Å². The number of rotatable bonds is 1. The number of aromatic amines is 1. The van der Waals surface area contributed by atoms with E-state index in [2.05, 4.69) is 56.1 Å². The quantitative estimate of drug-likeness (QED) is 0.714. The summed E-state index contributed by atoms with van der Waals surface area (Å²) in [7, 11) is 0. The van der Waals surface area contributed by atoms with E-state index < -0.39 is 0 Å². The van der Waals surface area contributed by atoms with E-state index in [4.69, 9.17) is 0 Å². The van der Waals surface area contributed by atoms with Crippen LogP contribution < -0.4 is 21.1 Å². The van der Waals surface area contributed by atoms with Crippen LogP contribution in [0, 0.1) is 0 Å². The minimum absolute atomic E-state index is 1.04. The summed E-state index contributed by atoms with van der Waals surface area (Å²) in [4.78, 5) is 3.49. The van der Waals surface area contributed by atoms with Gasteiger partial charge in [-0.25, -0.2) is 0 Å². The SMILES string of the molecule is C/C=c1/[nH]c2c(/c1=C/CC)=CC=C(C)CC=2. The molecule has 0 aromatic carbocycles. The average molecular weight is 213 g/mol. The standard InChI is InChI=1S/C15H19N/c1-4-6-12-13-9-7-11(3)8-10-15(13)16-14(12)5-2/h5-7,9-10,16H,4,8H2,1-3H3/b12-6-,14-5+. The lowest BCUT2D eigenvalue weighted by atomic mass is 10.2. The molecule has 1 heteroatoms. The molecule has 0 atom stereocenters. The molecule has 0 saturated heterocycles. The van der Waals surface area contributed by atoms with Crippen molar-refractivity contribution in [3.63, 3.8) is 0 Å². The number of nitrogens with one attached hydrogen (secondary N) is 1. The molecule has 1 heterocycles. The minimum atomic E-state index is 1.04. The molecular formula is C15H19N. The third-order valence-corrected chi connectivity index (χ3v) is 3.00. The largest absolute Gasteiger partial charge is 0.355 e. The molecule has 1 aliphatic rings. The summed E-state index contributed by atoms with van der Waals surface area (Å²) in [6, 6.07) is 0. The Labute approximate surface area is 96.2 Å². The fraction of sp³-hybridized carbons (Fsp3) is 0.333. The maximum Gasteiger partial charge on any atom is 0.0427 e. The summed E-state index contributed by atoms with van der Waals surface area (Å²) >= 11 is 0. The van der Waals surface area contributed by atoms with Gasteiger partial charge in [0.2, 0.25) is 0 Å². The monoisotopic (exact) mass is 213 g/mol. The third kappa shape index (κ3) is 1.90. The first-order valence-corrected chi connectivity index (χ1v) is 5.98. The Kier molecular flexibility index (Phi) is 3.14. The smallest absolute Gasteiger partial charge is 0.0427 e. The molecule has 1 N–H and O–H groups in total. The Morgan fingerprint density at radius 2 is 2.19 bits per heavy atom. The predicted molar refractivity (Wildman–Crippen MR) is 71.5 cm³/mol. The lowest BCUT2D eigenvalue weighted by Gasteiger charge is -1.88. The highest BCUT2D eigenvalue weighted by Crippen LogP contribution is 2.00. The molecule has 0 saturated carbocycles. The van der Waals surface area contributed by atoms with E-state index in [1.165, 1.54) is 26.7 Å². The van der Waals surface area contributed by atoms with Crippen LogP contribution in [0.3, 0.4) is 0 Å². The topological polar surface area (TPSA) is 15.8 Å². The molecule has 0 aliphatic heterocycles.